The summed E-state index contributed by atoms with van der Waals surface area (Å²) in [4.78, 5) is 18.6. The molecule has 1 aromatic carbocycles. The zero-order valence-electron chi connectivity index (χ0n) is 12.0. The summed E-state index contributed by atoms with van der Waals surface area (Å²) in [6.45, 7) is 3.34. The molecule has 0 bridgehead atoms. The van der Waals surface area contributed by atoms with Crippen LogP contribution in [0.15, 0.2) is 40.9 Å². The number of amidine groups is 1. The van der Waals surface area contributed by atoms with Gasteiger partial charge in [0.2, 0.25) is 0 Å². The number of carbonyl (C=O) groups excluding carboxylic acids is 1. The lowest BCUT2D eigenvalue weighted by Crippen LogP contribution is -2.36. The summed E-state index contributed by atoms with van der Waals surface area (Å²) < 4.78 is 0. The minimum atomic E-state index is -0.0844. The molecule has 4 nitrogen and oxygen atoms in total. The molecule has 106 valence electrons. The highest BCUT2D eigenvalue weighted by Crippen LogP contribution is 2.21. The Morgan fingerprint density at radius 1 is 1.35 bits per heavy atom. The summed E-state index contributed by atoms with van der Waals surface area (Å²) in [5.74, 6) is 0.535. The topological polar surface area (TPSA) is 52.9 Å². The number of hydrogen-bond acceptors (Lipinski definition) is 4. The highest BCUT2D eigenvalue weighted by atomic mass is 16.3. The molecule has 1 aliphatic heterocycles. The molecule has 0 amide bonds. The van der Waals surface area contributed by atoms with Crippen LogP contribution in [0.25, 0.3) is 5.76 Å². The minimum absolute atomic E-state index is 0.0185. The summed E-state index contributed by atoms with van der Waals surface area (Å²) in [5.41, 5.74) is 0.979. The van der Waals surface area contributed by atoms with Gasteiger partial charge in [0, 0.05) is 32.1 Å². The first kappa shape index (κ1) is 14.3. The van der Waals surface area contributed by atoms with Crippen molar-refractivity contribution in [2.45, 2.75) is 19.8 Å². The molecule has 1 N–H and O–H groups in total. The third-order valence-corrected chi connectivity index (χ3v) is 3.38. The van der Waals surface area contributed by atoms with Crippen LogP contribution < -0.4 is 0 Å². The van der Waals surface area contributed by atoms with E-state index in [9.17, 15) is 9.90 Å². The van der Waals surface area contributed by atoms with Crippen LogP contribution in [-0.4, -0.2) is 41.8 Å². The van der Waals surface area contributed by atoms with Crippen LogP contribution in [0.1, 0.15) is 25.3 Å². The van der Waals surface area contributed by atoms with Crippen molar-refractivity contribution in [1.82, 2.24) is 4.90 Å². The van der Waals surface area contributed by atoms with Crippen molar-refractivity contribution in [3.63, 3.8) is 0 Å². The Kier molecular flexibility index (Phi) is 4.56. The molecular formula is C16H20N2O2. The zero-order valence-corrected chi connectivity index (χ0v) is 12.0. The standard InChI is InChI=1S/C16H20N2O2/c1-3-13(19)14(16-17-10-7-11-18(16)2)15(20)12-8-5-4-6-9-12/h4-6,8-9,20H,3,7,10-11H2,1-2H3/b15-14-. The van der Waals surface area contributed by atoms with E-state index < -0.39 is 0 Å². The van der Waals surface area contributed by atoms with E-state index in [1.54, 1.807) is 19.1 Å². The molecule has 1 aliphatic rings. The molecule has 0 spiro atoms. The SMILES string of the molecule is CCC(=O)/C(C1=NCCCN1C)=C(/O)c1ccccc1. The fourth-order valence-electron chi connectivity index (χ4n) is 2.27. The predicted octanol–water partition coefficient (Wildman–Crippen LogP) is 2.67. The van der Waals surface area contributed by atoms with Gasteiger partial charge >= 0.3 is 0 Å². The van der Waals surface area contributed by atoms with Crippen molar-refractivity contribution in [2.24, 2.45) is 4.99 Å². The summed E-state index contributed by atoms with van der Waals surface area (Å²) in [6, 6.07) is 9.14. The Balaban J connectivity index is 2.53. The number of hydrogen-bond donors (Lipinski definition) is 1. The highest BCUT2D eigenvalue weighted by Gasteiger charge is 2.25. The van der Waals surface area contributed by atoms with Gasteiger partial charge < -0.3 is 10.0 Å². The van der Waals surface area contributed by atoms with Crippen molar-refractivity contribution in [3.05, 3.63) is 41.5 Å². The van der Waals surface area contributed by atoms with Gasteiger partial charge in [-0.2, -0.15) is 0 Å². The van der Waals surface area contributed by atoms with E-state index in [-0.39, 0.29) is 11.5 Å². The van der Waals surface area contributed by atoms with Gasteiger partial charge in [-0.3, -0.25) is 9.79 Å². The number of likely N-dealkylation sites (N-methyl/N-ethyl adjacent to an activating group) is 1. The molecule has 20 heavy (non-hydrogen) atoms. The first-order valence-electron chi connectivity index (χ1n) is 6.93. The second kappa shape index (κ2) is 6.37. The number of aliphatic imine (C=N–C) groups is 1. The average Bonchev–Trinajstić information content (AvgIpc) is 2.50. The van der Waals surface area contributed by atoms with Crippen molar-refractivity contribution in [1.29, 1.82) is 0 Å². The first-order chi connectivity index (χ1) is 9.65. The average molecular weight is 272 g/mol. The van der Waals surface area contributed by atoms with Crippen LogP contribution in [0.2, 0.25) is 0 Å². The van der Waals surface area contributed by atoms with Gasteiger partial charge in [-0.1, -0.05) is 37.3 Å². The number of aliphatic hydroxyl groups is 1. The Hall–Kier alpha value is -2.10. The molecule has 0 fully saturated rings. The molecule has 1 heterocycles. The Labute approximate surface area is 119 Å². The summed E-state index contributed by atoms with van der Waals surface area (Å²) >= 11 is 0. The Morgan fingerprint density at radius 3 is 2.65 bits per heavy atom. The third kappa shape index (κ3) is 2.90. The summed E-state index contributed by atoms with van der Waals surface area (Å²) in [7, 11) is 1.90. The summed E-state index contributed by atoms with van der Waals surface area (Å²) in [6.07, 6.45) is 1.32. The lowest BCUT2D eigenvalue weighted by Gasteiger charge is -2.26. The maximum absolute atomic E-state index is 12.2. The maximum atomic E-state index is 12.2. The van der Waals surface area contributed by atoms with Crippen LogP contribution in [0.4, 0.5) is 0 Å². The maximum Gasteiger partial charge on any atom is 0.170 e. The van der Waals surface area contributed by atoms with Crippen molar-refractivity contribution in [3.8, 4) is 0 Å². The van der Waals surface area contributed by atoms with E-state index in [0.29, 0.717) is 29.9 Å². The highest BCUT2D eigenvalue weighted by molar-refractivity contribution is 6.25. The minimum Gasteiger partial charge on any atom is -0.506 e. The van der Waals surface area contributed by atoms with Gasteiger partial charge in [-0.25, -0.2) is 0 Å². The molecule has 4 heteroatoms. The van der Waals surface area contributed by atoms with Crippen LogP contribution >= 0.6 is 0 Å². The second-order valence-electron chi connectivity index (χ2n) is 4.85. The van der Waals surface area contributed by atoms with Gasteiger partial charge in [-0.15, -0.1) is 0 Å². The molecular weight excluding hydrogens is 252 g/mol. The number of ketones is 1. The smallest absolute Gasteiger partial charge is 0.170 e. The normalized spacial score (nSPS) is 16.5. The van der Waals surface area contributed by atoms with Gasteiger partial charge in [-0.05, 0) is 6.42 Å². The number of benzene rings is 1. The number of Topliss-reactive ketones (excluding diaryl/α,β-unsaturated/α-hetero) is 1. The molecule has 1 aromatic rings. The summed E-state index contributed by atoms with van der Waals surface area (Å²) in [5, 5.41) is 10.5. The monoisotopic (exact) mass is 272 g/mol. The number of nitrogens with zero attached hydrogens (tertiary/aromatic N) is 2. The Bertz CT molecular complexity index is 547. The van der Waals surface area contributed by atoms with E-state index in [4.69, 9.17) is 0 Å². The van der Waals surface area contributed by atoms with Gasteiger partial charge in [0.1, 0.15) is 17.2 Å². The van der Waals surface area contributed by atoms with E-state index in [0.717, 1.165) is 13.0 Å². The number of carbonyl (C=O) groups is 1. The number of rotatable bonds is 4. The van der Waals surface area contributed by atoms with Crippen LogP contribution in [0.3, 0.4) is 0 Å². The largest absolute Gasteiger partial charge is 0.506 e. The molecule has 2 rings (SSSR count). The van der Waals surface area contributed by atoms with E-state index >= 15 is 0 Å². The zero-order chi connectivity index (χ0) is 14.5. The van der Waals surface area contributed by atoms with E-state index in [1.165, 1.54) is 0 Å². The van der Waals surface area contributed by atoms with Crippen LogP contribution in [0, 0.1) is 0 Å². The van der Waals surface area contributed by atoms with E-state index in [2.05, 4.69) is 4.99 Å². The fraction of sp³-hybridized carbons (Fsp3) is 0.375. The lowest BCUT2D eigenvalue weighted by atomic mass is 10.0. The van der Waals surface area contributed by atoms with E-state index in [1.807, 2.05) is 30.1 Å². The molecule has 0 aliphatic carbocycles. The third-order valence-electron chi connectivity index (χ3n) is 3.38. The molecule has 0 aromatic heterocycles. The molecule has 0 saturated carbocycles. The van der Waals surface area contributed by atoms with Gasteiger partial charge in [0.15, 0.2) is 5.78 Å². The lowest BCUT2D eigenvalue weighted by molar-refractivity contribution is -0.114. The van der Waals surface area contributed by atoms with Crippen molar-refractivity contribution >= 4 is 17.4 Å². The van der Waals surface area contributed by atoms with Gasteiger partial charge in [0.05, 0.1) is 0 Å². The van der Waals surface area contributed by atoms with Crippen molar-refractivity contribution in [2.75, 3.05) is 20.1 Å². The number of aliphatic hydroxyl groups excluding tert-OH is 1. The van der Waals surface area contributed by atoms with Crippen LogP contribution in [0.5, 0.6) is 0 Å². The first-order valence-corrected chi connectivity index (χ1v) is 6.93. The quantitative estimate of drug-likeness (QED) is 0.677. The van der Waals surface area contributed by atoms with Crippen molar-refractivity contribution < 1.29 is 9.90 Å². The Morgan fingerprint density at radius 2 is 2.05 bits per heavy atom. The molecule has 0 atom stereocenters. The van der Waals surface area contributed by atoms with Crippen LogP contribution in [-0.2, 0) is 4.79 Å². The molecule has 0 saturated heterocycles. The van der Waals surface area contributed by atoms with Gasteiger partial charge in [0.25, 0.3) is 0 Å². The fourth-order valence-corrected chi connectivity index (χ4v) is 2.27. The molecule has 0 radical (unpaired) electrons. The predicted molar refractivity (Wildman–Crippen MR) is 80.8 cm³/mol. The molecule has 0 unspecified atom stereocenters. The second-order valence-corrected chi connectivity index (χ2v) is 4.85.